The number of esters is 2. The second-order valence-corrected chi connectivity index (χ2v) is 12.8. The highest BCUT2D eigenvalue weighted by atomic mass is 16.6. The number of ether oxygens (including phenoxy) is 3. The van der Waals surface area contributed by atoms with Gasteiger partial charge in [0.25, 0.3) is 0 Å². The van der Waals surface area contributed by atoms with Crippen LogP contribution >= 0.6 is 0 Å². The van der Waals surface area contributed by atoms with Crippen LogP contribution in [0.15, 0.2) is 0 Å². The van der Waals surface area contributed by atoms with E-state index in [2.05, 4.69) is 13.8 Å². The molecule has 1 aliphatic heterocycles. The van der Waals surface area contributed by atoms with E-state index < -0.39 is 37.0 Å². The Labute approximate surface area is 264 Å². The third-order valence-electron chi connectivity index (χ3n) is 8.73. The first-order valence-electron chi connectivity index (χ1n) is 18.3. The second-order valence-electron chi connectivity index (χ2n) is 12.8. The van der Waals surface area contributed by atoms with E-state index in [1.165, 1.54) is 116 Å². The quantitative estimate of drug-likeness (QED) is 0.0617. The lowest BCUT2D eigenvalue weighted by Gasteiger charge is -2.27. The zero-order chi connectivity index (χ0) is 31.4. The molecule has 1 aliphatic rings. The fourth-order valence-electron chi connectivity index (χ4n) is 5.95. The van der Waals surface area contributed by atoms with Crippen molar-refractivity contribution in [2.75, 3.05) is 13.2 Å². The molecule has 1 fully saturated rings. The minimum absolute atomic E-state index is 0.0201. The maximum atomic E-state index is 12.5. The Balaban J connectivity index is 2.13. The van der Waals surface area contributed by atoms with Gasteiger partial charge >= 0.3 is 11.9 Å². The van der Waals surface area contributed by atoms with Gasteiger partial charge in [-0.05, 0) is 12.8 Å². The lowest BCUT2D eigenvalue weighted by molar-refractivity contribution is -0.171. The molecular weight excluding hydrogens is 544 g/mol. The largest absolute Gasteiger partial charge is 0.457 e. The molecule has 7 heteroatoms. The van der Waals surface area contributed by atoms with Crippen LogP contribution in [-0.2, 0) is 23.8 Å². The van der Waals surface area contributed by atoms with Gasteiger partial charge < -0.3 is 24.4 Å². The number of carbonyl (C=O) groups is 2. The van der Waals surface area contributed by atoms with Gasteiger partial charge in [0.15, 0.2) is 12.2 Å². The molecule has 1 heterocycles. The van der Waals surface area contributed by atoms with E-state index in [-0.39, 0.29) is 25.4 Å². The SMILES string of the molecule is CCCCCCCCCCCCCCCCCC(=O)O[C@H](CO)[C@H]1OC[C@H](O)[C@H]1OC(=O)CCCCCCCCCCC. The minimum Gasteiger partial charge on any atom is -0.457 e. The van der Waals surface area contributed by atoms with E-state index in [0.29, 0.717) is 0 Å². The number of unbranched alkanes of at least 4 members (excludes halogenated alkanes) is 22. The lowest BCUT2D eigenvalue weighted by Crippen LogP contribution is -2.45. The molecule has 0 amide bonds. The fourth-order valence-corrected chi connectivity index (χ4v) is 5.95. The lowest BCUT2D eigenvalue weighted by atomic mass is 10.0. The monoisotopic (exact) mass is 612 g/mol. The van der Waals surface area contributed by atoms with Gasteiger partial charge in [-0.2, -0.15) is 0 Å². The van der Waals surface area contributed by atoms with Crippen LogP contribution in [0.4, 0.5) is 0 Å². The van der Waals surface area contributed by atoms with E-state index in [0.717, 1.165) is 38.5 Å². The third kappa shape index (κ3) is 21.2. The molecule has 0 radical (unpaired) electrons. The van der Waals surface area contributed by atoms with Crippen LogP contribution in [0.2, 0.25) is 0 Å². The van der Waals surface area contributed by atoms with Gasteiger partial charge in [0, 0.05) is 12.8 Å². The summed E-state index contributed by atoms with van der Waals surface area (Å²) in [7, 11) is 0. The Kier molecular flexibility index (Phi) is 26.2. The molecule has 7 nitrogen and oxygen atoms in total. The Morgan fingerprint density at radius 2 is 1.00 bits per heavy atom. The highest BCUT2D eigenvalue weighted by Gasteiger charge is 2.45. The molecule has 0 unspecified atom stereocenters. The summed E-state index contributed by atoms with van der Waals surface area (Å²) in [6, 6.07) is 0. The van der Waals surface area contributed by atoms with Crippen LogP contribution in [0.5, 0.6) is 0 Å². The van der Waals surface area contributed by atoms with Crippen LogP contribution in [0, 0.1) is 0 Å². The van der Waals surface area contributed by atoms with Crippen LogP contribution in [0.25, 0.3) is 0 Å². The molecule has 0 aromatic carbocycles. The standard InChI is InChI=1S/C36H68O7/c1-3-5-7-9-11-13-14-15-16-17-18-20-22-23-25-27-33(39)42-32(29-37)36-35(31(38)30-41-36)43-34(40)28-26-24-21-19-12-10-8-6-4-2/h31-32,35-38H,3-30H2,1-2H3/t31-,32+,35+,36+/m0/s1. The first kappa shape index (κ1) is 39.8. The summed E-state index contributed by atoms with van der Waals surface area (Å²) in [5, 5.41) is 20.2. The molecule has 0 aromatic heterocycles. The molecule has 1 saturated heterocycles. The molecule has 43 heavy (non-hydrogen) atoms. The van der Waals surface area contributed by atoms with Gasteiger partial charge in [-0.3, -0.25) is 9.59 Å². The van der Waals surface area contributed by atoms with Gasteiger partial charge in [0.1, 0.15) is 12.2 Å². The molecule has 0 saturated carbocycles. The summed E-state index contributed by atoms with van der Waals surface area (Å²) in [5.74, 6) is -0.776. The van der Waals surface area contributed by atoms with Crippen molar-refractivity contribution in [1.29, 1.82) is 0 Å². The first-order chi connectivity index (χ1) is 21.0. The average Bonchev–Trinajstić information content (AvgIpc) is 3.36. The summed E-state index contributed by atoms with van der Waals surface area (Å²) in [5.41, 5.74) is 0. The number of rotatable bonds is 30. The molecule has 1 rings (SSSR count). The van der Waals surface area contributed by atoms with Crippen molar-refractivity contribution in [3.05, 3.63) is 0 Å². The highest BCUT2D eigenvalue weighted by Crippen LogP contribution is 2.24. The van der Waals surface area contributed by atoms with Crippen molar-refractivity contribution >= 4 is 11.9 Å². The Morgan fingerprint density at radius 3 is 1.40 bits per heavy atom. The Morgan fingerprint density at radius 1 is 0.628 bits per heavy atom. The second kappa shape index (κ2) is 28.3. The van der Waals surface area contributed by atoms with Crippen LogP contribution in [-0.4, -0.2) is 59.8 Å². The van der Waals surface area contributed by atoms with E-state index in [4.69, 9.17) is 14.2 Å². The summed E-state index contributed by atoms with van der Waals surface area (Å²) in [4.78, 5) is 24.9. The number of hydrogen-bond donors (Lipinski definition) is 2. The molecule has 254 valence electrons. The highest BCUT2D eigenvalue weighted by molar-refractivity contribution is 5.70. The summed E-state index contributed by atoms with van der Waals surface area (Å²) >= 11 is 0. The van der Waals surface area contributed by atoms with Crippen molar-refractivity contribution in [2.45, 2.75) is 205 Å². The number of aliphatic hydroxyl groups excluding tert-OH is 2. The molecule has 0 spiro atoms. The van der Waals surface area contributed by atoms with E-state index in [1.54, 1.807) is 0 Å². The van der Waals surface area contributed by atoms with Gasteiger partial charge in [-0.15, -0.1) is 0 Å². The maximum Gasteiger partial charge on any atom is 0.306 e. The maximum absolute atomic E-state index is 12.5. The molecular formula is C36H68O7. The van der Waals surface area contributed by atoms with E-state index in [9.17, 15) is 19.8 Å². The van der Waals surface area contributed by atoms with Gasteiger partial charge in [-0.1, -0.05) is 155 Å². The van der Waals surface area contributed by atoms with Crippen molar-refractivity contribution in [2.24, 2.45) is 0 Å². The average molecular weight is 613 g/mol. The number of carbonyl (C=O) groups excluding carboxylic acids is 2. The van der Waals surface area contributed by atoms with Crippen molar-refractivity contribution in [1.82, 2.24) is 0 Å². The van der Waals surface area contributed by atoms with Crippen LogP contribution < -0.4 is 0 Å². The third-order valence-corrected chi connectivity index (χ3v) is 8.73. The van der Waals surface area contributed by atoms with Gasteiger partial charge in [0.2, 0.25) is 0 Å². The van der Waals surface area contributed by atoms with Gasteiger partial charge in [0.05, 0.1) is 13.2 Å². The summed E-state index contributed by atoms with van der Waals surface area (Å²) in [6.07, 6.45) is 26.2. The molecule has 0 bridgehead atoms. The normalized spacial score (nSPS) is 19.0. The van der Waals surface area contributed by atoms with E-state index in [1.807, 2.05) is 0 Å². The zero-order valence-electron chi connectivity index (χ0n) is 28.0. The first-order valence-corrected chi connectivity index (χ1v) is 18.3. The van der Waals surface area contributed by atoms with Gasteiger partial charge in [-0.25, -0.2) is 0 Å². The minimum atomic E-state index is -1.000. The van der Waals surface area contributed by atoms with Crippen molar-refractivity contribution < 1.29 is 34.0 Å². The zero-order valence-corrected chi connectivity index (χ0v) is 28.0. The fraction of sp³-hybridized carbons (Fsp3) is 0.944. The summed E-state index contributed by atoms with van der Waals surface area (Å²) in [6.45, 7) is 4.01. The van der Waals surface area contributed by atoms with E-state index >= 15 is 0 Å². The Hall–Kier alpha value is -1.18. The molecule has 2 N–H and O–H groups in total. The molecule has 4 atom stereocenters. The topological polar surface area (TPSA) is 102 Å². The molecule has 0 aromatic rings. The van der Waals surface area contributed by atoms with Crippen LogP contribution in [0.3, 0.4) is 0 Å². The van der Waals surface area contributed by atoms with Crippen LogP contribution in [0.1, 0.15) is 181 Å². The summed E-state index contributed by atoms with van der Waals surface area (Å²) < 4.78 is 16.7. The predicted octanol–water partition coefficient (Wildman–Crippen LogP) is 8.74. The number of hydrogen-bond acceptors (Lipinski definition) is 7. The molecule has 0 aliphatic carbocycles. The van der Waals surface area contributed by atoms with Crippen molar-refractivity contribution in [3.63, 3.8) is 0 Å². The van der Waals surface area contributed by atoms with Crippen molar-refractivity contribution in [3.8, 4) is 0 Å². The Bertz CT molecular complexity index is 656. The smallest absolute Gasteiger partial charge is 0.306 e. The predicted molar refractivity (Wildman–Crippen MR) is 174 cm³/mol. The number of aliphatic hydroxyl groups is 2.